The zero-order valence-corrected chi connectivity index (χ0v) is 14.1. The van der Waals surface area contributed by atoms with E-state index in [4.69, 9.17) is 16.7 Å². The Morgan fingerprint density at radius 2 is 2.12 bits per heavy atom. The molecule has 0 bridgehead atoms. The molecule has 130 valence electrons. The number of nitrogens with zero attached hydrogens (tertiary/aromatic N) is 1. The highest BCUT2D eigenvalue weighted by molar-refractivity contribution is 6.31. The van der Waals surface area contributed by atoms with Gasteiger partial charge < -0.3 is 15.3 Å². The molecule has 24 heavy (non-hydrogen) atoms. The highest BCUT2D eigenvalue weighted by atomic mass is 35.5. The Balaban J connectivity index is 2.02. The highest BCUT2D eigenvalue weighted by Crippen LogP contribution is 2.27. The number of carbonyl (C=O) groups is 3. The minimum atomic E-state index is -1.21. The standard InChI is InChI=1S/C16H18ClFN2O4/c1-16(2,15(23)24)8-13(21)19-12-5-6-20(14(12)22)9-3-4-11(18)10(17)7-9/h3-4,7,12H,5-6,8H2,1-2H3,(H,19,21)(H,23,24). The third-order valence-corrected chi connectivity index (χ3v) is 4.23. The van der Waals surface area contributed by atoms with Crippen LogP contribution in [-0.4, -0.2) is 35.5 Å². The molecule has 1 aromatic rings. The van der Waals surface area contributed by atoms with Gasteiger partial charge >= 0.3 is 5.97 Å². The molecule has 1 saturated heterocycles. The predicted molar refractivity (Wildman–Crippen MR) is 86.3 cm³/mol. The minimum Gasteiger partial charge on any atom is -0.481 e. The topological polar surface area (TPSA) is 86.7 Å². The number of hydrogen-bond donors (Lipinski definition) is 2. The lowest BCUT2D eigenvalue weighted by Gasteiger charge is -2.20. The summed E-state index contributed by atoms with van der Waals surface area (Å²) in [7, 11) is 0. The van der Waals surface area contributed by atoms with Gasteiger partial charge in [-0.2, -0.15) is 0 Å². The Bertz CT molecular complexity index is 693. The SMILES string of the molecule is CC(C)(CC(=O)NC1CCN(c2ccc(F)c(Cl)c2)C1=O)C(=O)O. The van der Waals surface area contributed by atoms with Gasteiger partial charge in [0.05, 0.1) is 10.4 Å². The van der Waals surface area contributed by atoms with Crippen molar-refractivity contribution in [1.29, 1.82) is 0 Å². The Hall–Kier alpha value is -2.15. The van der Waals surface area contributed by atoms with E-state index in [1.54, 1.807) is 0 Å². The van der Waals surface area contributed by atoms with Crippen molar-refractivity contribution in [2.75, 3.05) is 11.4 Å². The number of halogens is 2. The Kier molecular flexibility index (Phi) is 5.13. The summed E-state index contributed by atoms with van der Waals surface area (Å²) in [6.45, 7) is 3.24. The van der Waals surface area contributed by atoms with Crippen LogP contribution in [0.2, 0.25) is 5.02 Å². The van der Waals surface area contributed by atoms with Gasteiger partial charge in [-0.05, 0) is 38.5 Å². The molecule has 8 heteroatoms. The van der Waals surface area contributed by atoms with Crippen LogP contribution < -0.4 is 10.2 Å². The predicted octanol–water partition coefficient (Wildman–Crippen LogP) is 2.20. The maximum Gasteiger partial charge on any atom is 0.309 e. The Morgan fingerprint density at radius 3 is 2.71 bits per heavy atom. The van der Waals surface area contributed by atoms with Crippen molar-refractivity contribution < 1.29 is 23.9 Å². The van der Waals surface area contributed by atoms with Crippen LogP contribution in [0.4, 0.5) is 10.1 Å². The molecule has 1 fully saturated rings. The van der Waals surface area contributed by atoms with E-state index in [1.165, 1.54) is 36.9 Å². The molecule has 1 aliphatic rings. The summed E-state index contributed by atoms with van der Waals surface area (Å²) in [5.41, 5.74) is -0.760. The fourth-order valence-electron chi connectivity index (χ4n) is 2.45. The largest absolute Gasteiger partial charge is 0.481 e. The van der Waals surface area contributed by atoms with Gasteiger partial charge in [0.15, 0.2) is 0 Å². The molecule has 1 heterocycles. The van der Waals surface area contributed by atoms with Crippen LogP contribution in [-0.2, 0) is 14.4 Å². The zero-order chi connectivity index (χ0) is 18.1. The number of anilines is 1. The minimum absolute atomic E-state index is 0.0870. The number of hydrogen-bond acceptors (Lipinski definition) is 3. The second kappa shape index (κ2) is 6.76. The molecule has 0 saturated carbocycles. The Labute approximate surface area is 143 Å². The van der Waals surface area contributed by atoms with Crippen LogP contribution >= 0.6 is 11.6 Å². The van der Waals surface area contributed by atoms with Crippen LogP contribution in [0.25, 0.3) is 0 Å². The number of carbonyl (C=O) groups excluding carboxylic acids is 2. The summed E-state index contributed by atoms with van der Waals surface area (Å²) in [6, 6.07) is 3.24. The lowest BCUT2D eigenvalue weighted by Crippen LogP contribution is -2.43. The quantitative estimate of drug-likeness (QED) is 0.846. The van der Waals surface area contributed by atoms with Crippen molar-refractivity contribution in [3.63, 3.8) is 0 Å². The molecular weight excluding hydrogens is 339 g/mol. The number of carboxylic acids is 1. The van der Waals surface area contributed by atoms with Crippen molar-refractivity contribution >= 4 is 35.1 Å². The normalized spacial score (nSPS) is 17.9. The zero-order valence-electron chi connectivity index (χ0n) is 13.3. The summed E-state index contributed by atoms with van der Waals surface area (Å²) in [4.78, 5) is 36.9. The maximum atomic E-state index is 13.2. The molecule has 0 spiro atoms. The third-order valence-electron chi connectivity index (χ3n) is 3.94. The van der Waals surface area contributed by atoms with Gasteiger partial charge in [0.25, 0.3) is 0 Å². The highest BCUT2D eigenvalue weighted by Gasteiger charge is 2.36. The summed E-state index contributed by atoms with van der Waals surface area (Å²) in [6.07, 6.45) is 0.154. The van der Waals surface area contributed by atoms with E-state index in [1.807, 2.05) is 0 Å². The van der Waals surface area contributed by atoms with E-state index >= 15 is 0 Å². The average Bonchev–Trinajstić information content (AvgIpc) is 2.82. The molecule has 0 aliphatic carbocycles. The Morgan fingerprint density at radius 1 is 1.46 bits per heavy atom. The summed E-state index contributed by atoms with van der Waals surface area (Å²) < 4.78 is 13.2. The van der Waals surface area contributed by atoms with Crippen LogP contribution in [0.15, 0.2) is 18.2 Å². The molecule has 6 nitrogen and oxygen atoms in total. The van der Waals surface area contributed by atoms with Crippen molar-refractivity contribution in [1.82, 2.24) is 5.32 Å². The van der Waals surface area contributed by atoms with Crippen LogP contribution in [0.5, 0.6) is 0 Å². The lowest BCUT2D eigenvalue weighted by molar-refractivity contribution is -0.149. The van der Waals surface area contributed by atoms with Gasteiger partial charge in [-0.15, -0.1) is 0 Å². The van der Waals surface area contributed by atoms with Crippen molar-refractivity contribution in [2.45, 2.75) is 32.7 Å². The van der Waals surface area contributed by atoms with Crippen LogP contribution in [0, 0.1) is 11.2 Å². The summed E-state index contributed by atoms with van der Waals surface area (Å²) in [5, 5.41) is 11.5. The van der Waals surface area contributed by atoms with Crippen LogP contribution in [0.1, 0.15) is 26.7 Å². The molecule has 1 unspecified atom stereocenters. The van der Waals surface area contributed by atoms with Gasteiger partial charge in [0.2, 0.25) is 11.8 Å². The molecule has 1 aromatic carbocycles. The van der Waals surface area contributed by atoms with Crippen molar-refractivity contribution in [3.8, 4) is 0 Å². The number of carboxylic acid groups (broad SMARTS) is 1. The smallest absolute Gasteiger partial charge is 0.309 e. The van der Waals surface area contributed by atoms with E-state index in [-0.39, 0.29) is 17.4 Å². The molecule has 2 rings (SSSR count). The fourth-order valence-corrected chi connectivity index (χ4v) is 2.62. The number of amides is 2. The van der Waals surface area contributed by atoms with E-state index in [0.717, 1.165) is 0 Å². The second-order valence-corrected chi connectivity index (χ2v) is 6.77. The van der Waals surface area contributed by atoms with E-state index in [2.05, 4.69) is 5.32 Å². The third kappa shape index (κ3) is 3.84. The first-order chi connectivity index (χ1) is 11.1. The number of rotatable bonds is 5. The lowest BCUT2D eigenvalue weighted by atomic mass is 9.89. The first-order valence-corrected chi connectivity index (χ1v) is 7.79. The van der Waals surface area contributed by atoms with Gasteiger partial charge in [-0.25, -0.2) is 4.39 Å². The monoisotopic (exact) mass is 356 g/mol. The first kappa shape index (κ1) is 18.2. The molecule has 1 aliphatic heterocycles. The van der Waals surface area contributed by atoms with E-state index in [0.29, 0.717) is 18.7 Å². The molecule has 0 aromatic heterocycles. The van der Waals surface area contributed by atoms with E-state index < -0.39 is 29.2 Å². The van der Waals surface area contributed by atoms with Gasteiger partial charge in [0, 0.05) is 18.7 Å². The van der Waals surface area contributed by atoms with Gasteiger partial charge in [-0.3, -0.25) is 14.4 Å². The molecular formula is C16H18ClFN2O4. The number of benzene rings is 1. The first-order valence-electron chi connectivity index (χ1n) is 7.41. The average molecular weight is 357 g/mol. The van der Waals surface area contributed by atoms with Crippen molar-refractivity contribution in [3.05, 3.63) is 29.0 Å². The van der Waals surface area contributed by atoms with Crippen molar-refractivity contribution in [2.24, 2.45) is 5.41 Å². The number of aliphatic carboxylic acids is 1. The fraction of sp³-hybridized carbons (Fsp3) is 0.438. The molecule has 1 atom stereocenters. The summed E-state index contributed by atoms with van der Waals surface area (Å²) in [5.74, 6) is -2.50. The summed E-state index contributed by atoms with van der Waals surface area (Å²) >= 11 is 5.72. The number of nitrogens with one attached hydrogen (secondary N) is 1. The molecule has 2 N–H and O–H groups in total. The molecule has 0 radical (unpaired) electrons. The van der Waals surface area contributed by atoms with Crippen LogP contribution in [0.3, 0.4) is 0 Å². The van der Waals surface area contributed by atoms with Gasteiger partial charge in [0.1, 0.15) is 11.9 Å². The maximum absolute atomic E-state index is 13.2. The van der Waals surface area contributed by atoms with E-state index in [9.17, 15) is 18.8 Å². The second-order valence-electron chi connectivity index (χ2n) is 6.36. The van der Waals surface area contributed by atoms with Gasteiger partial charge in [-0.1, -0.05) is 11.6 Å². The molecule has 2 amide bonds.